The van der Waals surface area contributed by atoms with Gasteiger partial charge in [-0.05, 0) is 19.4 Å². The maximum atomic E-state index is 11.0. The maximum absolute atomic E-state index is 11.0. The van der Waals surface area contributed by atoms with Crippen LogP contribution in [0.15, 0.2) is 35.6 Å². The fraction of sp³-hybridized carbons (Fsp3) is 0.385. The average molecular weight is 221 g/mol. The number of carbonyl (C=O) groups is 2. The van der Waals surface area contributed by atoms with Gasteiger partial charge in [-0.2, -0.15) is 0 Å². The largest absolute Gasteiger partial charge is 0.330 e. The van der Waals surface area contributed by atoms with Gasteiger partial charge in [0.1, 0.15) is 6.29 Å². The van der Waals surface area contributed by atoms with Gasteiger partial charge in [0.25, 0.3) is 0 Å². The smallest absolute Gasteiger partial charge is 0.223 e. The molecule has 0 saturated carbocycles. The Morgan fingerprint density at radius 3 is 2.50 bits per heavy atom. The predicted octanol–water partition coefficient (Wildman–Crippen LogP) is 2.51. The van der Waals surface area contributed by atoms with Gasteiger partial charge in [-0.3, -0.25) is 9.59 Å². The van der Waals surface area contributed by atoms with Crippen LogP contribution in [-0.4, -0.2) is 12.2 Å². The number of amides is 1. The van der Waals surface area contributed by atoms with E-state index in [2.05, 4.69) is 5.32 Å². The Morgan fingerprint density at radius 1 is 1.31 bits per heavy atom. The number of nitrogens with one attached hydrogen (secondary N) is 1. The molecule has 1 N–H and O–H groups in total. The standard InChI is InChI=1S/C13H19NO2/c1-4-7-12(10-15)9-6-8-11(3)14-13(16)5-2/h6-10H,4-5H2,1-3H3,(H,14,16)/b9-6-,11-8+,12-7?. The third-order valence-corrected chi connectivity index (χ3v) is 1.87. The normalized spacial score (nSPS) is 12.9. The van der Waals surface area contributed by atoms with Gasteiger partial charge in [0.2, 0.25) is 5.91 Å². The van der Waals surface area contributed by atoms with Crippen molar-refractivity contribution < 1.29 is 9.59 Å². The summed E-state index contributed by atoms with van der Waals surface area (Å²) < 4.78 is 0. The Bertz CT molecular complexity index is 325. The van der Waals surface area contributed by atoms with Gasteiger partial charge in [0, 0.05) is 17.7 Å². The summed E-state index contributed by atoms with van der Waals surface area (Å²) in [5, 5.41) is 2.72. The highest BCUT2D eigenvalue weighted by Crippen LogP contribution is 1.97. The van der Waals surface area contributed by atoms with Crippen molar-refractivity contribution in [3.63, 3.8) is 0 Å². The summed E-state index contributed by atoms with van der Waals surface area (Å²) in [7, 11) is 0. The van der Waals surface area contributed by atoms with Crippen LogP contribution in [0.25, 0.3) is 0 Å². The first-order chi connectivity index (χ1) is 7.63. The second-order valence-electron chi connectivity index (χ2n) is 3.34. The van der Waals surface area contributed by atoms with Gasteiger partial charge >= 0.3 is 0 Å². The van der Waals surface area contributed by atoms with Crippen LogP contribution < -0.4 is 5.32 Å². The average Bonchev–Trinajstić information content (AvgIpc) is 2.27. The molecule has 0 unspecified atom stereocenters. The van der Waals surface area contributed by atoms with Gasteiger partial charge in [-0.25, -0.2) is 0 Å². The van der Waals surface area contributed by atoms with Crippen LogP contribution in [0.5, 0.6) is 0 Å². The summed E-state index contributed by atoms with van der Waals surface area (Å²) in [6.07, 6.45) is 9.18. The van der Waals surface area contributed by atoms with Crippen molar-refractivity contribution in [2.75, 3.05) is 0 Å². The summed E-state index contributed by atoms with van der Waals surface area (Å²) in [5.74, 6) is -0.0122. The van der Waals surface area contributed by atoms with E-state index in [9.17, 15) is 9.59 Å². The number of aldehydes is 1. The second kappa shape index (κ2) is 8.65. The zero-order valence-corrected chi connectivity index (χ0v) is 10.1. The summed E-state index contributed by atoms with van der Waals surface area (Å²) in [6, 6.07) is 0. The van der Waals surface area contributed by atoms with E-state index in [-0.39, 0.29) is 5.91 Å². The van der Waals surface area contributed by atoms with Crippen LogP contribution in [0.3, 0.4) is 0 Å². The molecule has 0 atom stereocenters. The number of hydrogen-bond donors (Lipinski definition) is 1. The Kier molecular flexibility index (Phi) is 7.76. The highest BCUT2D eigenvalue weighted by Gasteiger charge is 1.94. The molecule has 88 valence electrons. The fourth-order valence-electron chi connectivity index (χ4n) is 1.04. The van der Waals surface area contributed by atoms with Crippen molar-refractivity contribution in [1.29, 1.82) is 0 Å². The molecular formula is C13H19NO2. The lowest BCUT2D eigenvalue weighted by molar-refractivity contribution is -0.120. The van der Waals surface area contributed by atoms with Gasteiger partial charge in [0.05, 0.1) is 0 Å². The minimum absolute atomic E-state index is 0.0122. The molecule has 0 aliphatic heterocycles. The zero-order valence-electron chi connectivity index (χ0n) is 10.1. The monoisotopic (exact) mass is 221 g/mol. The molecule has 1 amide bonds. The number of carbonyl (C=O) groups excluding carboxylic acids is 2. The van der Waals surface area contributed by atoms with E-state index in [4.69, 9.17) is 0 Å². The number of hydrogen-bond acceptors (Lipinski definition) is 2. The molecule has 16 heavy (non-hydrogen) atoms. The molecule has 3 nitrogen and oxygen atoms in total. The van der Waals surface area contributed by atoms with Gasteiger partial charge in [-0.15, -0.1) is 0 Å². The maximum Gasteiger partial charge on any atom is 0.223 e. The van der Waals surface area contributed by atoms with Crippen molar-refractivity contribution in [3.05, 3.63) is 35.6 Å². The lowest BCUT2D eigenvalue weighted by Gasteiger charge is -2.00. The molecule has 0 aliphatic carbocycles. The molecule has 0 spiro atoms. The molecule has 0 heterocycles. The summed E-state index contributed by atoms with van der Waals surface area (Å²) >= 11 is 0. The topological polar surface area (TPSA) is 46.2 Å². The van der Waals surface area contributed by atoms with Crippen molar-refractivity contribution in [1.82, 2.24) is 5.32 Å². The minimum Gasteiger partial charge on any atom is -0.330 e. The van der Waals surface area contributed by atoms with Crippen LogP contribution in [0.1, 0.15) is 33.6 Å². The molecule has 0 aromatic carbocycles. The Labute approximate surface area is 96.9 Å². The first-order valence-electron chi connectivity index (χ1n) is 5.44. The molecule has 0 fully saturated rings. The highest BCUT2D eigenvalue weighted by atomic mass is 16.1. The highest BCUT2D eigenvalue weighted by molar-refractivity contribution is 5.78. The SMILES string of the molecule is CCC=C(C=O)/C=C\C=C(/C)NC(=O)CC. The molecule has 0 rings (SSSR count). The predicted molar refractivity (Wildman–Crippen MR) is 65.8 cm³/mol. The van der Waals surface area contributed by atoms with E-state index in [0.29, 0.717) is 12.0 Å². The molecule has 0 aromatic rings. The number of rotatable bonds is 6. The molecular weight excluding hydrogens is 202 g/mol. The van der Waals surface area contributed by atoms with Crippen molar-refractivity contribution in [2.24, 2.45) is 0 Å². The quantitative estimate of drug-likeness (QED) is 0.425. The van der Waals surface area contributed by atoms with E-state index in [1.165, 1.54) is 0 Å². The van der Waals surface area contributed by atoms with Crippen LogP contribution >= 0.6 is 0 Å². The first-order valence-corrected chi connectivity index (χ1v) is 5.44. The van der Waals surface area contributed by atoms with E-state index in [0.717, 1.165) is 18.4 Å². The zero-order chi connectivity index (χ0) is 12.4. The Morgan fingerprint density at radius 2 is 2.00 bits per heavy atom. The molecule has 0 aliphatic rings. The van der Waals surface area contributed by atoms with Crippen molar-refractivity contribution in [2.45, 2.75) is 33.6 Å². The summed E-state index contributed by atoms with van der Waals surface area (Å²) in [6.45, 7) is 5.58. The number of allylic oxidation sites excluding steroid dienone is 6. The van der Waals surface area contributed by atoms with E-state index < -0.39 is 0 Å². The molecule has 0 aromatic heterocycles. The van der Waals surface area contributed by atoms with Gasteiger partial charge in [0.15, 0.2) is 0 Å². The van der Waals surface area contributed by atoms with Crippen LogP contribution in [-0.2, 0) is 9.59 Å². The Balaban J connectivity index is 4.34. The van der Waals surface area contributed by atoms with Gasteiger partial charge in [-0.1, -0.05) is 32.1 Å². The molecule has 0 radical (unpaired) electrons. The second-order valence-corrected chi connectivity index (χ2v) is 3.34. The van der Waals surface area contributed by atoms with Crippen LogP contribution in [0, 0.1) is 0 Å². The lowest BCUT2D eigenvalue weighted by atomic mass is 10.2. The van der Waals surface area contributed by atoms with E-state index in [1.54, 1.807) is 25.2 Å². The third-order valence-electron chi connectivity index (χ3n) is 1.87. The lowest BCUT2D eigenvalue weighted by Crippen LogP contribution is -2.19. The van der Waals surface area contributed by atoms with Crippen molar-refractivity contribution >= 4 is 12.2 Å². The van der Waals surface area contributed by atoms with Gasteiger partial charge < -0.3 is 5.32 Å². The summed E-state index contributed by atoms with van der Waals surface area (Å²) in [4.78, 5) is 21.6. The van der Waals surface area contributed by atoms with Crippen LogP contribution in [0.2, 0.25) is 0 Å². The van der Waals surface area contributed by atoms with Crippen molar-refractivity contribution in [3.8, 4) is 0 Å². The molecule has 0 bridgehead atoms. The third kappa shape index (κ3) is 6.76. The Hall–Kier alpha value is -1.64. The molecule has 0 saturated heterocycles. The van der Waals surface area contributed by atoms with E-state index in [1.807, 2.05) is 19.9 Å². The van der Waals surface area contributed by atoms with Crippen LogP contribution in [0.4, 0.5) is 0 Å². The first kappa shape index (κ1) is 14.4. The van der Waals surface area contributed by atoms with E-state index >= 15 is 0 Å². The summed E-state index contributed by atoms with van der Waals surface area (Å²) in [5.41, 5.74) is 1.42. The molecule has 3 heteroatoms. The minimum atomic E-state index is -0.0122. The fourth-order valence-corrected chi connectivity index (χ4v) is 1.04.